The topological polar surface area (TPSA) is 79.6 Å². The number of anilines is 1. The van der Waals surface area contributed by atoms with Crippen molar-refractivity contribution in [1.82, 2.24) is 19.9 Å². The molecule has 0 amide bonds. The van der Waals surface area contributed by atoms with Crippen LogP contribution in [-0.4, -0.2) is 26.5 Å². The molecule has 0 radical (unpaired) electrons. The Morgan fingerprint density at radius 1 is 1.42 bits per heavy atom. The average molecular weight is 275 g/mol. The largest absolute Gasteiger partial charge is 0.468 e. The first-order valence-electron chi connectivity index (χ1n) is 5.97. The van der Waals surface area contributed by atoms with Gasteiger partial charge in [-0.05, 0) is 19.1 Å². The number of fused-ring (bicyclic) bond motifs is 1. The molecule has 0 aromatic carbocycles. The second-order valence-corrected chi connectivity index (χ2v) is 4.82. The quantitative estimate of drug-likeness (QED) is 0.550. The molecular weight excluding hydrogens is 262 g/mol. The van der Waals surface area contributed by atoms with Crippen LogP contribution in [0.3, 0.4) is 0 Å². The zero-order chi connectivity index (χ0) is 13.1. The molecule has 19 heavy (non-hydrogen) atoms. The van der Waals surface area contributed by atoms with Crippen LogP contribution in [0.4, 0.5) is 5.95 Å². The van der Waals surface area contributed by atoms with Gasteiger partial charge in [-0.2, -0.15) is 4.98 Å². The molecule has 0 fully saturated rings. The van der Waals surface area contributed by atoms with Gasteiger partial charge in [-0.15, -0.1) is 0 Å². The fourth-order valence-corrected chi connectivity index (χ4v) is 2.57. The van der Waals surface area contributed by atoms with Crippen LogP contribution in [0, 0.1) is 0 Å². The summed E-state index contributed by atoms with van der Waals surface area (Å²) in [6, 6.07) is 3.83. The van der Waals surface area contributed by atoms with E-state index < -0.39 is 0 Å². The molecule has 6 nitrogen and oxygen atoms in total. The summed E-state index contributed by atoms with van der Waals surface area (Å²) in [5.41, 5.74) is 1.53. The van der Waals surface area contributed by atoms with Crippen LogP contribution >= 0.6 is 11.8 Å². The number of thioether (sulfide) groups is 1. The summed E-state index contributed by atoms with van der Waals surface area (Å²) >= 11 is 1.60. The second-order valence-electron chi connectivity index (χ2n) is 3.85. The predicted molar refractivity (Wildman–Crippen MR) is 74.1 cm³/mol. The molecule has 2 N–H and O–H groups in total. The molecule has 0 saturated carbocycles. The van der Waals surface area contributed by atoms with Crippen molar-refractivity contribution in [2.75, 3.05) is 11.9 Å². The van der Waals surface area contributed by atoms with E-state index in [1.54, 1.807) is 24.4 Å². The summed E-state index contributed by atoms with van der Waals surface area (Å²) in [5, 5.41) is 3.98. The molecule has 0 aliphatic heterocycles. The highest BCUT2D eigenvalue weighted by molar-refractivity contribution is 7.98. The highest BCUT2D eigenvalue weighted by Crippen LogP contribution is 2.27. The number of imidazole rings is 1. The second kappa shape index (κ2) is 5.31. The van der Waals surface area contributed by atoms with E-state index in [4.69, 9.17) is 4.42 Å². The fourth-order valence-electron chi connectivity index (χ4n) is 1.68. The lowest BCUT2D eigenvalue weighted by Crippen LogP contribution is -2.03. The molecule has 0 saturated heterocycles. The number of H-pyrrole nitrogens is 1. The van der Waals surface area contributed by atoms with Gasteiger partial charge in [-0.25, -0.2) is 9.97 Å². The third kappa shape index (κ3) is 2.55. The summed E-state index contributed by atoms with van der Waals surface area (Å²) in [4.78, 5) is 16.1. The smallest absolute Gasteiger partial charge is 0.225 e. The van der Waals surface area contributed by atoms with Gasteiger partial charge in [0.15, 0.2) is 5.65 Å². The van der Waals surface area contributed by atoms with Crippen molar-refractivity contribution in [2.24, 2.45) is 0 Å². The van der Waals surface area contributed by atoms with Gasteiger partial charge < -0.3 is 14.7 Å². The van der Waals surface area contributed by atoms with Crippen LogP contribution in [0.2, 0.25) is 0 Å². The van der Waals surface area contributed by atoms with E-state index in [1.807, 2.05) is 19.1 Å². The predicted octanol–water partition coefficient (Wildman–Crippen LogP) is 2.67. The Balaban J connectivity index is 1.89. The molecule has 0 bridgehead atoms. The molecule has 3 aromatic heterocycles. The molecular formula is C12H13N5OS. The number of furan rings is 1. The Hall–Kier alpha value is -2.02. The Morgan fingerprint density at radius 3 is 3.16 bits per heavy atom. The van der Waals surface area contributed by atoms with Gasteiger partial charge in [0.05, 0.1) is 18.3 Å². The van der Waals surface area contributed by atoms with E-state index >= 15 is 0 Å². The van der Waals surface area contributed by atoms with Crippen molar-refractivity contribution in [3.8, 4) is 0 Å². The number of aromatic nitrogens is 4. The van der Waals surface area contributed by atoms with Gasteiger partial charge in [-0.1, -0.05) is 11.8 Å². The maximum atomic E-state index is 5.32. The fraction of sp³-hybridized carbons (Fsp3) is 0.250. The Kier molecular flexibility index (Phi) is 3.37. The van der Waals surface area contributed by atoms with Gasteiger partial charge in [0.1, 0.15) is 16.3 Å². The SMILES string of the molecule is CCNc1nc(SCc2ccco2)c2[nH]cnc2n1. The summed E-state index contributed by atoms with van der Waals surface area (Å²) < 4.78 is 5.32. The highest BCUT2D eigenvalue weighted by atomic mass is 32.2. The van der Waals surface area contributed by atoms with Gasteiger partial charge in [0, 0.05) is 6.54 Å². The third-order valence-corrected chi connectivity index (χ3v) is 3.52. The highest BCUT2D eigenvalue weighted by Gasteiger charge is 2.10. The Morgan fingerprint density at radius 2 is 2.37 bits per heavy atom. The standard InChI is InChI=1S/C12H13N5OS/c1-2-13-12-16-10-9(14-7-15-10)11(17-12)19-6-8-4-3-5-18-8/h3-5,7H,2,6H2,1H3,(H2,13,14,15,16,17). The van der Waals surface area contributed by atoms with Gasteiger partial charge in [0.25, 0.3) is 0 Å². The maximum absolute atomic E-state index is 5.32. The Labute approximate surface area is 114 Å². The van der Waals surface area contributed by atoms with E-state index in [1.165, 1.54) is 0 Å². The number of nitrogens with zero attached hydrogens (tertiary/aromatic N) is 3. The van der Waals surface area contributed by atoms with Crippen molar-refractivity contribution in [3.05, 3.63) is 30.5 Å². The average Bonchev–Trinajstić information content (AvgIpc) is 3.07. The molecule has 0 unspecified atom stereocenters. The lowest BCUT2D eigenvalue weighted by atomic mass is 10.5. The van der Waals surface area contributed by atoms with Crippen LogP contribution in [0.5, 0.6) is 0 Å². The number of aromatic amines is 1. The first-order valence-corrected chi connectivity index (χ1v) is 6.95. The maximum Gasteiger partial charge on any atom is 0.225 e. The molecule has 3 rings (SSSR count). The lowest BCUT2D eigenvalue weighted by Gasteiger charge is -2.05. The van der Waals surface area contributed by atoms with Crippen LogP contribution in [0.15, 0.2) is 34.2 Å². The number of nitrogens with one attached hydrogen (secondary N) is 2. The molecule has 3 aromatic rings. The molecule has 0 aliphatic carbocycles. The van der Waals surface area contributed by atoms with Gasteiger partial charge >= 0.3 is 0 Å². The van der Waals surface area contributed by atoms with Gasteiger partial charge in [-0.3, -0.25) is 0 Å². The Bertz CT molecular complexity index is 664. The first-order chi connectivity index (χ1) is 9.36. The minimum absolute atomic E-state index is 0.601. The van der Waals surface area contributed by atoms with Gasteiger partial charge in [0.2, 0.25) is 5.95 Å². The van der Waals surface area contributed by atoms with Crippen LogP contribution in [0.25, 0.3) is 11.2 Å². The monoisotopic (exact) mass is 275 g/mol. The molecule has 3 heterocycles. The third-order valence-electron chi connectivity index (χ3n) is 2.52. The van der Waals surface area contributed by atoms with Crippen LogP contribution in [0.1, 0.15) is 12.7 Å². The zero-order valence-electron chi connectivity index (χ0n) is 10.4. The van der Waals surface area contributed by atoms with Crippen molar-refractivity contribution in [3.63, 3.8) is 0 Å². The normalized spacial score (nSPS) is 11.0. The summed E-state index contributed by atoms with van der Waals surface area (Å²) in [6.45, 7) is 2.78. The summed E-state index contributed by atoms with van der Waals surface area (Å²) in [7, 11) is 0. The van der Waals surface area contributed by atoms with E-state index in [9.17, 15) is 0 Å². The lowest BCUT2D eigenvalue weighted by molar-refractivity contribution is 0.530. The van der Waals surface area contributed by atoms with Crippen molar-refractivity contribution < 1.29 is 4.42 Å². The summed E-state index contributed by atoms with van der Waals surface area (Å²) in [6.07, 6.45) is 3.30. The van der Waals surface area contributed by atoms with Crippen molar-refractivity contribution in [2.45, 2.75) is 17.7 Å². The molecule has 98 valence electrons. The van der Waals surface area contributed by atoms with Crippen LogP contribution in [-0.2, 0) is 5.75 Å². The minimum Gasteiger partial charge on any atom is -0.468 e. The van der Waals surface area contributed by atoms with Crippen molar-refractivity contribution >= 4 is 28.9 Å². The van der Waals surface area contributed by atoms with E-state index in [0.717, 1.165) is 28.6 Å². The molecule has 0 atom stereocenters. The number of hydrogen-bond donors (Lipinski definition) is 2. The number of rotatable bonds is 5. The van der Waals surface area contributed by atoms with E-state index in [0.29, 0.717) is 11.6 Å². The first kappa shape index (κ1) is 12.0. The molecule has 7 heteroatoms. The zero-order valence-corrected chi connectivity index (χ0v) is 11.2. The molecule has 0 spiro atoms. The van der Waals surface area contributed by atoms with Crippen molar-refractivity contribution in [1.29, 1.82) is 0 Å². The summed E-state index contributed by atoms with van der Waals surface area (Å²) in [5.74, 6) is 2.24. The minimum atomic E-state index is 0.601. The van der Waals surface area contributed by atoms with E-state index in [2.05, 4.69) is 25.3 Å². The number of hydrogen-bond acceptors (Lipinski definition) is 6. The molecule has 0 aliphatic rings. The van der Waals surface area contributed by atoms with E-state index in [-0.39, 0.29) is 0 Å². The van der Waals surface area contributed by atoms with Crippen LogP contribution < -0.4 is 5.32 Å².